The Morgan fingerprint density at radius 2 is 1.76 bits per heavy atom. The highest BCUT2D eigenvalue weighted by molar-refractivity contribution is 6.08. The number of hydrogen-bond donors (Lipinski definition) is 2. The summed E-state index contributed by atoms with van der Waals surface area (Å²) in [6, 6.07) is 15.3. The molecular formula is C30H36N6O2. The van der Waals surface area contributed by atoms with Gasteiger partial charge in [-0.25, -0.2) is 9.97 Å². The highest BCUT2D eigenvalue weighted by Crippen LogP contribution is 2.29. The third-order valence-corrected chi connectivity index (χ3v) is 6.61. The van der Waals surface area contributed by atoms with Crippen LogP contribution in [-0.2, 0) is 17.8 Å². The summed E-state index contributed by atoms with van der Waals surface area (Å²) in [7, 11) is 3.89. The normalized spacial score (nSPS) is 11.4. The molecule has 198 valence electrons. The van der Waals surface area contributed by atoms with Gasteiger partial charge in [-0.2, -0.15) is 0 Å². The molecule has 1 amide bonds. The molecule has 2 aromatic carbocycles. The van der Waals surface area contributed by atoms with Gasteiger partial charge in [0.05, 0.1) is 11.0 Å². The van der Waals surface area contributed by atoms with E-state index in [1.165, 1.54) is 12.2 Å². The van der Waals surface area contributed by atoms with E-state index < -0.39 is 0 Å². The summed E-state index contributed by atoms with van der Waals surface area (Å²) in [6.45, 7) is 3.47. The molecule has 0 aliphatic rings. The number of anilines is 2. The van der Waals surface area contributed by atoms with Crippen molar-refractivity contribution in [3.63, 3.8) is 0 Å². The van der Waals surface area contributed by atoms with Crippen LogP contribution < -0.4 is 16.0 Å². The van der Waals surface area contributed by atoms with Crippen molar-refractivity contribution in [2.45, 2.75) is 45.6 Å². The van der Waals surface area contributed by atoms with Crippen molar-refractivity contribution in [2.75, 3.05) is 31.3 Å². The summed E-state index contributed by atoms with van der Waals surface area (Å²) in [5.41, 5.74) is 10.5. The van der Waals surface area contributed by atoms with Crippen LogP contribution in [0.15, 0.2) is 60.7 Å². The van der Waals surface area contributed by atoms with Crippen molar-refractivity contribution in [1.82, 2.24) is 19.9 Å². The summed E-state index contributed by atoms with van der Waals surface area (Å²) in [6.07, 6.45) is 7.30. The number of rotatable bonds is 12. The molecule has 0 fully saturated rings. The zero-order valence-electron chi connectivity index (χ0n) is 22.4. The first-order valence-corrected chi connectivity index (χ1v) is 13.2. The predicted octanol–water partition coefficient (Wildman–Crippen LogP) is 4.91. The van der Waals surface area contributed by atoms with E-state index in [0.29, 0.717) is 17.9 Å². The van der Waals surface area contributed by atoms with Crippen LogP contribution in [0.25, 0.3) is 21.9 Å². The van der Waals surface area contributed by atoms with Gasteiger partial charge < -0.3 is 20.5 Å². The van der Waals surface area contributed by atoms with Gasteiger partial charge in [-0.3, -0.25) is 9.59 Å². The number of nitrogens with zero attached hydrogens (tertiary/aromatic N) is 4. The lowest BCUT2D eigenvalue weighted by molar-refractivity contribution is -0.116. The molecule has 2 heterocycles. The highest BCUT2D eigenvalue weighted by atomic mass is 16.1. The van der Waals surface area contributed by atoms with E-state index in [1.807, 2.05) is 49.3 Å². The summed E-state index contributed by atoms with van der Waals surface area (Å²) >= 11 is 0. The maximum atomic E-state index is 12.4. The molecular weight excluding hydrogens is 476 g/mol. The number of hydrogen-bond acceptors (Lipinski definition) is 6. The van der Waals surface area contributed by atoms with Crippen LogP contribution in [0.3, 0.4) is 0 Å². The summed E-state index contributed by atoms with van der Waals surface area (Å²) < 4.78 is 2.27. The number of aromatic nitrogens is 3. The van der Waals surface area contributed by atoms with Crippen molar-refractivity contribution >= 4 is 45.1 Å². The van der Waals surface area contributed by atoms with Crippen molar-refractivity contribution < 1.29 is 9.59 Å². The first-order valence-electron chi connectivity index (χ1n) is 13.2. The van der Waals surface area contributed by atoms with Crippen molar-refractivity contribution in [3.05, 3.63) is 72.1 Å². The Kier molecular flexibility index (Phi) is 8.73. The van der Waals surface area contributed by atoms with Crippen LogP contribution >= 0.6 is 0 Å². The lowest BCUT2D eigenvalue weighted by atomic mass is 10.1. The van der Waals surface area contributed by atoms with Gasteiger partial charge in [0, 0.05) is 56.3 Å². The predicted molar refractivity (Wildman–Crippen MR) is 155 cm³/mol. The third kappa shape index (κ3) is 6.19. The maximum Gasteiger partial charge on any atom is 0.244 e. The zero-order chi connectivity index (χ0) is 27.1. The number of amides is 1. The van der Waals surface area contributed by atoms with E-state index in [-0.39, 0.29) is 11.7 Å². The quantitative estimate of drug-likeness (QED) is 0.159. The van der Waals surface area contributed by atoms with E-state index in [9.17, 15) is 9.59 Å². The molecule has 4 rings (SSSR count). The minimum Gasteiger partial charge on any atom is -0.382 e. The number of nitrogens with two attached hydrogens (primary N) is 1. The molecule has 0 atom stereocenters. The molecule has 38 heavy (non-hydrogen) atoms. The Hall–Kier alpha value is -4.20. The third-order valence-electron chi connectivity index (χ3n) is 6.61. The van der Waals surface area contributed by atoms with Crippen LogP contribution in [0.1, 0.15) is 48.8 Å². The summed E-state index contributed by atoms with van der Waals surface area (Å²) in [5, 5.41) is 3.93. The number of ketones is 1. The van der Waals surface area contributed by atoms with Gasteiger partial charge in [0.25, 0.3) is 0 Å². The number of nitrogens with one attached hydrogen (secondary N) is 1. The Morgan fingerprint density at radius 3 is 2.50 bits per heavy atom. The monoisotopic (exact) mass is 512 g/mol. The molecule has 0 aliphatic heterocycles. The van der Waals surface area contributed by atoms with Crippen LogP contribution in [0.4, 0.5) is 11.5 Å². The first-order chi connectivity index (χ1) is 18.4. The van der Waals surface area contributed by atoms with Gasteiger partial charge in [0.15, 0.2) is 11.6 Å². The smallest absolute Gasteiger partial charge is 0.244 e. The second-order valence-electron chi connectivity index (χ2n) is 9.63. The molecule has 2 aromatic heterocycles. The number of fused-ring (bicyclic) bond motifs is 3. The number of pyridine rings is 1. The highest BCUT2D eigenvalue weighted by Gasteiger charge is 2.16. The largest absolute Gasteiger partial charge is 0.382 e. The molecule has 0 bridgehead atoms. The van der Waals surface area contributed by atoms with Crippen LogP contribution in [-0.4, -0.2) is 46.9 Å². The number of nitrogen functional groups attached to an aromatic ring is 1. The number of imidazole rings is 1. The standard InChI is InChI=1S/C30H36N6O2/c1-4-5-12-26-34-28-29(23-10-6-7-11-24(23)33-30(28)31)36(26)20-9-8-19-32-27(38)18-17-25(37)21-13-15-22(16-14-21)35(2)3/h6-7,10-11,13-18H,4-5,8-9,12,19-20H2,1-3H3,(H2,31,33)(H,32,38)/b18-17+. The average molecular weight is 513 g/mol. The fourth-order valence-electron chi connectivity index (χ4n) is 4.51. The molecule has 0 radical (unpaired) electrons. The summed E-state index contributed by atoms with van der Waals surface area (Å²) in [4.78, 5) is 36.0. The molecule has 0 unspecified atom stereocenters. The van der Waals surface area contributed by atoms with Crippen molar-refractivity contribution in [2.24, 2.45) is 0 Å². The van der Waals surface area contributed by atoms with Crippen molar-refractivity contribution in [1.29, 1.82) is 0 Å². The van der Waals surface area contributed by atoms with Crippen molar-refractivity contribution in [3.8, 4) is 0 Å². The molecule has 3 N–H and O–H groups in total. The second-order valence-corrected chi connectivity index (χ2v) is 9.63. The summed E-state index contributed by atoms with van der Waals surface area (Å²) in [5.74, 6) is 1.01. The average Bonchev–Trinajstić information content (AvgIpc) is 3.29. The second kappa shape index (κ2) is 12.4. The molecule has 0 aliphatic carbocycles. The molecule has 4 aromatic rings. The molecule has 0 saturated heterocycles. The minimum absolute atomic E-state index is 0.196. The SMILES string of the molecule is CCCCc1nc2c(N)nc3ccccc3c2n1CCCCNC(=O)/C=C/C(=O)c1ccc(N(C)C)cc1. The van der Waals surface area contributed by atoms with Gasteiger partial charge in [0.1, 0.15) is 11.3 Å². The number of carbonyl (C=O) groups excluding carboxylic acids is 2. The van der Waals surface area contributed by atoms with E-state index in [1.54, 1.807) is 12.1 Å². The number of allylic oxidation sites excluding steroid dienone is 1. The number of carbonyl (C=O) groups is 2. The number of para-hydroxylation sites is 1. The maximum absolute atomic E-state index is 12.4. The van der Waals surface area contributed by atoms with Crippen LogP contribution in [0.2, 0.25) is 0 Å². The fraction of sp³-hybridized carbons (Fsp3) is 0.333. The molecule has 8 heteroatoms. The molecule has 0 spiro atoms. The lowest BCUT2D eigenvalue weighted by Crippen LogP contribution is -2.22. The zero-order valence-corrected chi connectivity index (χ0v) is 22.4. The topological polar surface area (TPSA) is 106 Å². The minimum atomic E-state index is -0.273. The van der Waals surface area contributed by atoms with Gasteiger partial charge in [-0.05, 0) is 55.7 Å². The Morgan fingerprint density at radius 1 is 1.00 bits per heavy atom. The van der Waals surface area contributed by atoms with Gasteiger partial charge in [-0.1, -0.05) is 31.5 Å². The number of benzene rings is 2. The Labute approximate surface area is 223 Å². The number of unbranched alkanes of at least 4 members (excludes halogenated alkanes) is 2. The van der Waals surface area contributed by atoms with Gasteiger partial charge in [0.2, 0.25) is 5.91 Å². The van der Waals surface area contributed by atoms with E-state index in [4.69, 9.17) is 10.7 Å². The molecule has 0 saturated carbocycles. The van der Waals surface area contributed by atoms with E-state index >= 15 is 0 Å². The molecule has 8 nitrogen and oxygen atoms in total. The van der Waals surface area contributed by atoms with Crippen LogP contribution in [0, 0.1) is 0 Å². The first kappa shape index (κ1) is 26.9. The van der Waals surface area contributed by atoms with Gasteiger partial charge >= 0.3 is 0 Å². The van der Waals surface area contributed by atoms with E-state index in [0.717, 1.165) is 72.1 Å². The van der Waals surface area contributed by atoms with Gasteiger partial charge in [-0.15, -0.1) is 0 Å². The Bertz CT molecular complexity index is 1450. The fourth-order valence-corrected chi connectivity index (χ4v) is 4.51. The lowest BCUT2D eigenvalue weighted by Gasteiger charge is -2.11. The number of aryl methyl sites for hydroxylation is 2. The Balaban J connectivity index is 1.35. The van der Waals surface area contributed by atoms with Crippen LogP contribution in [0.5, 0.6) is 0 Å². The van der Waals surface area contributed by atoms with E-state index in [2.05, 4.69) is 27.9 Å².